The maximum Gasteiger partial charge on any atom is 0.271 e. The molecule has 0 fully saturated rings. The Bertz CT molecular complexity index is 678. The van der Waals surface area contributed by atoms with E-state index >= 15 is 0 Å². The van der Waals surface area contributed by atoms with Crippen molar-refractivity contribution in [2.24, 2.45) is 5.73 Å². The SMILES string of the molecule is Cc1cc(S(=O)(=O)Nc2ccc(Br)cc2)sc1CN. The quantitative estimate of drug-likeness (QED) is 0.879. The van der Waals surface area contributed by atoms with Crippen LogP contribution < -0.4 is 10.5 Å². The standard InChI is InChI=1S/C12H13BrN2O2S2/c1-8-6-12(18-11(8)7-14)19(16,17)15-10-4-2-9(13)3-5-10/h2-6,15H,7,14H2,1H3. The molecule has 0 atom stereocenters. The molecular weight excluding hydrogens is 348 g/mol. The predicted octanol–water partition coefficient (Wildman–Crippen LogP) is 3.08. The molecule has 1 aromatic carbocycles. The molecule has 0 bridgehead atoms. The fourth-order valence-corrected chi connectivity index (χ4v) is 4.34. The number of halogens is 1. The third-order valence-electron chi connectivity index (χ3n) is 2.54. The first kappa shape index (κ1) is 14.5. The first-order chi connectivity index (χ1) is 8.92. The second-order valence-corrected chi connectivity index (χ2v) is 7.95. The van der Waals surface area contributed by atoms with Gasteiger partial charge in [0, 0.05) is 21.6 Å². The highest BCUT2D eigenvalue weighted by Gasteiger charge is 2.18. The number of benzene rings is 1. The van der Waals surface area contributed by atoms with Gasteiger partial charge in [0.2, 0.25) is 0 Å². The van der Waals surface area contributed by atoms with Gasteiger partial charge in [-0.1, -0.05) is 15.9 Å². The zero-order chi connectivity index (χ0) is 14.0. The highest BCUT2D eigenvalue weighted by Crippen LogP contribution is 2.27. The van der Waals surface area contributed by atoms with Crippen molar-refractivity contribution >= 4 is 43.0 Å². The summed E-state index contributed by atoms with van der Waals surface area (Å²) < 4.78 is 28.2. The highest BCUT2D eigenvalue weighted by atomic mass is 79.9. The lowest BCUT2D eigenvalue weighted by Crippen LogP contribution is -2.11. The second-order valence-electron chi connectivity index (χ2n) is 3.99. The van der Waals surface area contributed by atoms with Gasteiger partial charge >= 0.3 is 0 Å². The maximum absolute atomic E-state index is 12.2. The van der Waals surface area contributed by atoms with E-state index in [1.54, 1.807) is 30.3 Å². The summed E-state index contributed by atoms with van der Waals surface area (Å²) in [4.78, 5) is 0.885. The van der Waals surface area contributed by atoms with Gasteiger partial charge in [0.05, 0.1) is 0 Å². The number of anilines is 1. The van der Waals surface area contributed by atoms with Gasteiger partial charge in [-0.2, -0.15) is 0 Å². The summed E-state index contributed by atoms with van der Waals surface area (Å²) >= 11 is 4.51. The van der Waals surface area contributed by atoms with Crippen LogP contribution in [0.1, 0.15) is 10.4 Å². The molecule has 2 rings (SSSR count). The lowest BCUT2D eigenvalue weighted by atomic mass is 10.3. The van der Waals surface area contributed by atoms with Crippen LogP contribution in [-0.2, 0) is 16.6 Å². The number of nitrogens with one attached hydrogen (secondary N) is 1. The van der Waals surface area contributed by atoms with Gasteiger partial charge in [0.1, 0.15) is 4.21 Å². The van der Waals surface area contributed by atoms with E-state index in [-0.39, 0.29) is 4.21 Å². The van der Waals surface area contributed by atoms with Crippen LogP contribution in [0.5, 0.6) is 0 Å². The normalized spacial score (nSPS) is 11.5. The monoisotopic (exact) mass is 360 g/mol. The van der Waals surface area contributed by atoms with E-state index < -0.39 is 10.0 Å². The van der Waals surface area contributed by atoms with E-state index in [1.807, 2.05) is 6.92 Å². The molecule has 0 spiro atoms. The fourth-order valence-electron chi connectivity index (χ4n) is 1.55. The van der Waals surface area contributed by atoms with Gasteiger partial charge in [-0.05, 0) is 42.8 Å². The Morgan fingerprint density at radius 2 is 1.95 bits per heavy atom. The Morgan fingerprint density at radius 3 is 2.47 bits per heavy atom. The average Bonchev–Trinajstić information content (AvgIpc) is 2.74. The smallest absolute Gasteiger partial charge is 0.271 e. The van der Waals surface area contributed by atoms with E-state index in [0.717, 1.165) is 14.9 Å². The molecule has 0 unspecified atom stereocenters. The van der Waals surface area contributed by atoms with Crippen LogP contribution in [-0.4, -0.2) is 8.42 Å². The molecule has 7 heteroatoms. The molecule has 0 saturated heterocycles. The Hall–Kier alpha value is -0.890. The molecule has 0 amide bonds. The summed E-state index contributed by atoms with van der Waals surface area (Å²) in [5.74, 6) is 0. The highest BCUT2D eigenvalue weighted by molar-refractivity contribution is 9.10. The third kappa shape index (κ3) is 3.36. The molecule has 1 heterocycles. The summed E-state index contributed by atoms with van der Waals surface area (Å²) in [6, 6.07) is 8.61. The van der Waals surface area contributed by atoms with Crippen molar-refractivity contribution in [2.75, 3.05) is 4.72 Å². The zero-order valence-electron chi connectivity index (χ0n) is 10.2. The van der Waals surface area contributed by atoms with Crippen LogP contribution >= 0.6 is 27.3 Å². The molecule has 0 aliphatic heterocycles. The molecule has 0 radical (unpaired) electrons. The Kier molecular flexibility index (Phi) is 4.29. The molecule has 1 aromatic heterocycles. The van der Waals surface area contributed by atoms with Crippen molar-refractivity contribution in [1.82, 2.24) is 0 Å². The maximum atomic E-state index is 12.2. The van der Waals surface area contributed by atoms with Crippen LogP contribution in [0.25, 0.3) is 0 Å². The Balaban J connectivity index is 2.29. The first-order valence-corrected chi connectivity index (χ1v) is 8.59. The number of nitrogens with two attached hydrogens (primary N) is 1. The Labute approximate surface area is 124 Å². The largest absolute Gasteiger partial charge is 0.326 e. The summed E-state index contributed by atoms with van der Waals surface area (Å²) in [5.41, 5.74) is 7.00. The minimum Gasteiger partial charge on any atom is -0.326 e. The van der Waals surface area contributed by atoms with Gasteiger partial charge in [-0.3, -0.25) is 4.72 Å². The van der Waals surface area contributed by atoms with Gasteiger partial charge in [-0.15, -0.1) is 11.3 Å². The van der Waals surface area contributed by atoms with Crippen molar-refractivity contribution < 1.29 is 8.42 Å². The minimum absolute atomic E-state index is 0.286. The molecule has 0 aliphatic rings. The summed E-state index contributed by atoms with van der Waals surface area (Å²) in [6.07, 6.45) is 0. The fraction of sp³-hybridized carbons (Fsp3) is 0.167. The van der Waals surface area contributed by atoms with E-state index in [2.05, 4.69) is 20.7 Å². The molecular formula is C12H13BrN2O2S2. The van der Waals surface area contributed by atoms with Crippen molar-refractivity contribution in [2.45, 2.75) is 17.7 Å². The molecule has 102 valence electrons. The Morgan fingerprint density at radius 1 is 1.32 bits per heavy atom. The summed E-state index contributed by atoms with van der Waals surface area (Å²) in [7, 11) is -3.54. The predicted molar refractivity (Wildman–Crippen MR) is 81.9 cm³/mol. The van der Waals surface area contributed by atoms with Crippen molar-refractivity contribution in [3.63, 3.8) is 0 Å². The van der Waals surface area contributed by atoms with Crippen LogP contribution in [0, 0.1) is 6.92 Å². The van der Waals surface area contributed by atoms with Crippen molar-refractivity contribution in [3.8, 4) is 0 Å². The number of hydrogen-bond donors (Lipinski definition) is 2. The molecule has 4 nitrogen and oxygen atoms in total. The van der Waals surface area contributed by atoms with E-state index in [1.165, 1.54) is 11.3 Å². The van der Waals surface area contributed by atoms with Crippen LogP contribution in [0.15, 0.2) is 39.0 Å². The van der Waals surface area contributed by atoms with Crippen LogP contribution in [0.3, 0.4) is 0 Å². The molecule has 19 heavy (non-hydrogen) atoms. The number of rotatable bonds is 4. The van der Waals surface area contributed by atoms with E-state index in [9.17, 15) is 8.42 Å². The van der Waals surface area contributed by atoms with Gasteiger partial charge in [0.15, 0.2) is 0 Å². The number of sulfonamides is 1. The number of hydrogen-bond acceptors (Lipinski definition) is 4. The number of thiophene rings is 1. The topological polar surface area (TPSA) is 72.2 Å². The number of aryl methyl sites for hydroxylation is 1. The van der Waals surface area contributed by atoms with Crippen LogP contribution in [0.4, 0.5) is 5.69 Å². The lowest BCUT2D eigenvalue weighted by Gasteiger charge is -2.05. The van der Waals surface area contributed by atoms with Gasteiger partial charge < -0.3 is 5.73 Å². The summed E-state index contributed by atoms with van der Waals surface area (Å²) in [6.45, 7) is 2.21. The third-order valence-corrected chi connectivity index (χ3v) is 6.19. The van der Waals surface area contributed by atoms with Crippen LogP contribution in [0.2, 0.25) is 0 Å². The van der Waals surface area contributed by atoms with E-state index in [0.29, 0.717) is 12.2 Å². The van der Waals surface area contributed by atoms with E-state index in [4.69, 9.17) is 5.73 Å². The van der Waals surface area contributed by atoms with Crippen molar-refractivity contribution in [1.29, 1.82) is 0 Å². The van der Waals surface area contributed by atoms with Gasteiger partial charge in [0.25, 0.3) is 10.0 Å². The summed E-state index contributed by atoms with van der Waals surface area (Å²) in [5, 5.41) is 0. The molecule has 0 saturated carbocycles. The zero-order valence-corrected chi connectivity index (χ0v) is 13.4. The van der Waals surface area contributed by atoms with Gasteiger partial charge in [-0.25, -0.2) is 8.42 Å². The van der Waals surface area contributed by atoms with Crippen molar-refractivity contribution in [3.05, 3.63) is 45.2 Å². The minimum atomic E-state index is -3.54. The average molecular weight is 361 g/mol. The lowest BCUT2D eigenvalue weighted by molar-refractivity contribution is 0.603. The molecule has 3 N–H and O–H groups in total. The second kappa shape index (κ2) is 5.62. The molecule has 0 aliphatic carbocycles. The first-order valence-electron chi connectivity index (χ1n) is 5.50. The molecule has 2 aromatic rings.